The zero-order valence-electron chi connectivity index (χ0n) is 13.8. The van der Waals surface area contributed by atoms with Crippen molar-refractivity contribution in [1.29, 1.82) is 0 Å². The molecular formula is C17H21N3O2S. The van der Waals surface area contributed by atoms with Crippen LogP contribution in [0.2, 0.25) is 0 Å². The molecule has 0 bridgehead atoms. The maximum atomic E-state index is 12.3. The van der Waals surface area contributed by atoms with Gasteiger partial charge in [0.2, 0.25) is 5.91 Å². The van der Waals surface area contributed by atoms with Crippen molar-refractivity contribution >= 4 is 23.4 Å². The van der Waals surface area contributed by atoms with Gasteiger partial charge < -0.3 is 5.32 Å². The smallest absolute Gasteiger partial charge is 0.254 e. The summed E-state index contributed by atoms with van der Waals surface area (Å²) in [5, 5.41) is 3.07. The summed E-state index contributed by atoms with van der Waals surface area (Å²) >= 11 is 1.28. The molecule has 0 aliphatic heterocycles. The lowest BCUT2D eigenvalue weighted by Crippen LogP contribution is -2.25. The van der Waals surface area contributed by atoms with Gasteiger partial charge in [-0.1, -0.05) is 36.4 Å². The van der Waals surface area contributed by atoms with Gasteiger partial charge in [0.25, 0.3) is 5.56 Å². The van der Waals surface area contributed by atoms with E-state index in [1.807, 2.05) is 38.1 Å². The summed E-state index contributed by atoms with van der Waals surface area (Å²) in [5.41, 5.74) is 2.53. The molecule has 1 atom stereocenters. The Bertz CT molecular complexity index is 753. The number of carbonyl (C=O) groups is 1. The average Bonchev–Trinajstić information content (AvgIpc) is 2.53. The summed E-state index contributed by atoms with van der Waals surface area (Å²) in [5.74, 6) is -0.116. The molecule has 0 aliphatic rings. The van der Waals surface area contributed by atoms with Crippen LogP contribution in [0, 0.1) is 6.92 Å². The van der Waals surface area contributed by atoms with Crippen LogP contribution in [-0.4, -0.2) is 20.7 Å². The van der Waals surface area contributed by atoms with Gasteiger partial charge in [0.05, 0.1) is 5.25 Å². The third-order valence-electron chi connectivity index (χ3n) is 3.48. The first-order chi connectivity index (χ1) is 10.9. The van der Waals surface area contributed by atoms with E-state index in [0.717, 1.165) is 16.9 Å². The Labute approximate surface area is 140 Å². The highest BCUT2D eigenvalue weighted by Crippen LogP contribution is 2.21. The van der Waals surface area contributed by atoms with E-state index in [0.29, 0.717) is 11.6 Å². The minimum Gasteiger partial charge on any atom is -0.325 e. The molecule has 1 aromatic carbocycles. The van der Waals surface area contributed by atoms with Crippen LogP contribution in [-0.2, 0) is 18.3 Å². The van der Waals surface area contributed by atoms with Crippen molar-refractivity contribution in [2.24, 2.45) is 7.05 Å². The largest absolute Gasteiger partial charge is 0.325 e. The number of anilines is 1. The molecule has 0 aliphatic carbocycles. The van der Waals surface area contributed by atoms with Crippen LogP contribution in [0.5, 0.6) is 0 Å². The van der Waals surface area contributed by atoms with Gasteiger partial charge in [-0.15, -0.1) is 0 Å². The molecule has 6 heteroatoms. The Hall–Kier alpha value is -2.08. The zero-order valence-corrected chi connectivity index (χ0v) is 14.6. The monoisotopic (exact) mass is 331 g/mol. The molecular weight excluding hydrogens is 310 g/mol. The summed E-state index contributed by atoms with van der Waals surface area (Å²) < 4.78 is 1.47. The van der Waals surface area contributed by atoms with Crippen molar-refractivity contribution < 1.29 is 4.79 Å². The van der Waals surface area contributed by atoms with Crippen molar-refractivity contribution in [3.63, 3.8) is 0 Å². The number of hydrogen-bond acceptors (Lipinski definition) is 4. The average molecular weight is 331 g/mol. The number of amides is 1. The molecule has 0 radical (unpaired) electrons. The standard InChI is InChI=1S/C17H21N3O2S/c1-5-13-10-15(21)20(4)17(19-13)23-12(3)16(22)18-14-8-6-11(2)7-9-14/h6-10,12H,5H2,1-4H3,(H,18,22). The molecule has 2 aromatic rings. The van der Waals surface area contributed by atoms with E-state index in [2.05, 4.69) is 10.3 Å². The van der Waals surface area contributed by atoms with Crippen molar-refractivity contribution in [2.75, 3.05) is 5.32 Å². The van der Waals surface area contributed by atoms with Crippen LogP contribution in [0.4, 0.5) is 5.69 Å². The van der Waals surface area contributed by atoms with Crippen LogP contribution in [0.25, 0.3) is 0 Å². The van der Waals surface area contributed by atoms with Gasteiger partial charge in [0.15, 0.2) is 5.16 Å². The second-order valence-electron chi connectivity index (χ2n) is 5.40. The number of benzene rings is 1. The Balaban J connectivity index is 2.10. The number of aromatic nitrogens is 2. The summed E-state index contributed by atoms with van der Waals surface area (Å²) in [7, 11) is 1.67. The van der Waals surface area contributed by atoms with Crippen LogP contribution >= 0.6 is 11.8 Å². The first-order valence-electron chi connectivity index (χ1n) is 7.52. The highest BCUT2D eigenvalue weighted by molar-refractivity contribution is 8.00. The minimum atomic E-state index is -0.360. The lowest BCUT2D eigenvalue weighted by Gasteiger charge is -2.14. The van der Waals surface area contributed by atoms with Gasteiger partial charge in [0.1, 0.15) is 0 Å². The van der Waals surface area contributed by atoms with Gasteiger partial charge in [-0.3, -0.25) is 14.2 Å². The van der Waals surface area contributed by atoms with Gasteiger partial charge in [-0.05, 0) is 32.4 Å². The second-order valence-corrected chi connectivity index (χ2v) is 6.70. The fourth-order valence-corrected chi connectivity index (χ4v) is 2.84. The van der Waals surface area contributed by atoms with E-state index in [9.17, 15) is 9.59 Å². The van der Waals surface area contributed by atoms with Crippen LogP contribution < -0.4 is 10.9 Å². The first kappa shape index (κ1) is 17.3. The maximum absolute atomic E-state index is 12.3. The van der Waals surface area contributed by atoms with Crippen LogP contribution in [0.1, 0.15) is 25.1 Å². The van der Waals surface area contributed by atoms with E-state index >= 15 is 0 Å². The van der Waals surface area contributed by atoms with Crippen LogP contribution in [0.15, 0.2) is 40.3 Å². The Morgan fingerprint density at radius 2 is 2.00 bits per heavy atom. The number of rotatable bonds is 5. The molecule has 122 valence electrons. The van der Waals surface area contributed by atoms with E-state index in [1.54, 1.807) is 14.0 Å². The minimum absolute atomic E-state index is 0.106. The van der Waals surface area contributed by atoms with Crippen molar-refractivity contribution in [1.82, 2.24) is 9.55 Å². The molecule has 5 nitrogen and oxygen atoms in total. The molecule has 0 fully saturated rings. The van der Waals surface area contributed by atoms with Gasteiger partial charge in [-0.25, -0.2) is 4.98 Å². The van der Waals surface area contributed by atoms with E-state index in [4.69, 9.17) is 0 Å². The molecule has 1 heterocycles. The number of aryl methyl sites for hydroxylation is 2. The van der Waals surface area contributed by atoms with Crippen LogP contribution in [0.3, 0.4) is 0 Å². The normalized spacial score (nSPS) is 12.0. The molecule has 23 heavy (non-hydrogen) atoms. The topological polar surface area (TPSA) is 64.0 Å². The molecule has 1 N–H and O–H groups in total. The maximum Gasteiger partial charge on any atom is 0.254 e. The SMILES string of the molecule is CCc1cc(=O)n(C)c(SC(C)C(=O)Nc2ccc(C)cc2)n1. The highest BCUT2D eigenvalue weighted by Gasteiger charge is 2.17. The highest BCUT2D eigenvalue weighted by atomic mass is 32.2. The van der Waals surface area contributed by atoms with E-state index in [-0.39, 0.29) is 16.7 Å². The van der Waals surface area contributed by atoms with Crippen molar-refractivity contribution in [2.45, 2.75) is 37.6 Å². The predicted molar refractivity (Wildman–Crippen MR) is 94.0 cm³/mol. The van der Waals surface area contributed by atoms with Gasteiger partial charge in [-0.2, -0.15) is 0 Å². The number of thioether (sulfide) groups is 1. The van der Waals surface area contributed by atoms with Crippen molar-refractivity contribution in [3.05, 3.63) is 51.9 Å². The number of nitrogens with zero attached hydrogens (tertiary/aromatic N) is 2. The number of nitrogens with one attached hydrogen (secondary N) is 1. The van der Waals surface area contributed by atoms with E-state index in [1.165, 1.54) is 22.4 Å². The summed E-state index contributed by atoms with van der Waals surface area (Å²) in [6.07, 6.45) is 0.688. The second kappa shape index (κ2) is 7.46. The molecule has 1 unspecified atom stereocenters. The number of carbonyl (C=O) groups excluding carboxylic acids is 1. The summed E-state index contributed by atoms with van der Waals surface area (Å²) in [6.45, 7) is 5.75. The Morgan fingerprint density at radius 1 is 1.35 bits per heavy atom. The number of hydrogen-bond donors (Lipinski definition) is 1. The lowest BCUT2D eigenvalue weighted by atomic mass is 10.2. The molecule has 0 saturated heterocycles. The third-order valence-corrected chi connectivity index (χ3v) is 4.62. The molecule has 1 aromatic heterocycles. The molecule has 2 rings (SSSR count). The predicted octanol–water partition coefficient (Wildman–Crippen LogP) is 2.77. The van der Waals surface area contributed by atoms with Gasteiger partial charge in [0, 0.05) is 24.5 Å². The molecule has 1 amide bonds. The zero-order chi connectivity index (χ0) is 17.0. The fraction of sp³-hybridized carbons (Fsp3) is 0.353. The third kappa shape index (κ3) is 4.45. The van der Waals surface area contributed by atoms with Crippen molar-refractivity contribution in [3.8, 4) is 0 Å². The van der Waals surface area contributed by atoms with E-state index < -0.39 is 0 Å². The Kier molecular flexibility index (Phi) is 5.60. The van der Waals surface area contributed by atoms with Gasteiger partial charge >= 0.3 is 0 Å². The fourth-order valence-electron chi connectivity index (χ4n) is 1.94. The first-order valence-corrected chi connectivity index (χ1v) is 8.39. The summed E-state index contributed by atoms with van der Waals surface area (Å²) in [4.78, 5) is 28.6. The molecule has 0 spiro atoms. The lowest BCUT2D eigenvalue weighted by molar-refractivity contribution is -0.115. The molecule has 0 saturated carbocycles. The summed E-state index contributed by atoms with van der Waals surface area (Å²) in [6, 6.07) is 9.17. The quantitative estimate of drug-likeness (QED) is 0.676. The Morgan fingerprint density at radius 3 is 2.61 bits per heavy atom.